The maximum atomic E-state index is 10.1. The van der Waals surface area contributed by atoms with E-state index in [1.165, 1.54) is 18.4 Å². The van der Waals surface area contributed by atoms with Crippen LogP contribution >= 0.6 is 0 Å². The van der Waals surface area contributed by atoms with E-state index in [-0.39, 0.29) is 25.6 Å². The van der Waals surface area contributed by atoms with Gasteiger partial charge >= 0.3 is 0 Å². The molecule has 0 saturated heterocycles. The van der Waals surface area contributed by atoms with Crippen LogP contribution < -0.4 is 0 Å². The van der Waals surface area contributed by atoms with Gasteiger partial charge in [0.1, 0.15) is 0 Å². The van der Waals surface area contributed by atoms with Crippen LogP contribution in [0.15, 0.2) is 11.6 Å². The van der Waals surface area contributed by atoms with Crippen LogP contribution in [0.4, 0.5) is 0 Å². The monoisotopic (exact) mass is 270 g/mol. The highest BCUT2D eigenvalue weighted by molar-refractivity contribution is 5.18. The van der Waals surface area contributed by atoms with Gasteiger partial charge in [0.05, 0.1) is 12.2 Å². The topological polar surface area (TPSA) is 29.5 Å². The first-order valence-electron chi connectivity index (χ1n) is 7.51. The Bertz CT molecular complexity index is 272. The minimum Gasteiger partial charge on any atom is -0.389 e. The third-order valence-corrected chi connectivity index (χ3v) is 4.56. The first-order chi connectivity index (χ1) is 8.51. The van der Waals surface area contributed by atoms with Gasteiger partial charge in [-0.05, 0) is 43.1 Å². The molecule has 0 saturated carbocycles. The van der Waals surface area contributed by atoms with Gasteiger partial charge < -0.3 is 9.84 Å². The lowest BCUT2D eigenvalue weighted by molar-refractivity contribution is -0.00629. The highest BCUT2D eigenvalue weighted by Crippen LogP contribution is 2.34. The van der Waals surface area contributed by atoms with Crippen molar-refractivity contribution in [3.05, 3.63) is 11.6 Å². The summed E-state index contributed by atoms with van der Waals surface area (Å²) >= 11 is 0. The van der Waals surface area contributed by atoms with Gasteiger partial charge in [0.15, 0.2) is 0 Å². The number of rotatable bonds is 6. The van der Waals surface area contributed by atoms with Crippen LogP contribution in [-0.2, 0) is 4.74 Å². The SMILES string of the molecule is C.CCOC1C(CCC(C)CC)=CC(O)C(C)C1C. The summed E-state index contributed by atoms with van der Waals surface area (Å²) < 4.78 is 5.91. The molecular weight excluding hydrogens is 236 g/mol. The zero-order valence-corrected chi connectivity index (χ0v) is 12.6. The first kappa shape index (κ1) is 18.7. The summed E-state index contributed by atoms with van der Waals surface area (Å²) in [6, 6.07) is 0. The Labute approximate surface area is 120 Å². The molecule has 0 fully saturated rings. The third-order valence-electron chi connectivity index (χ3n) is 4.56. The molecule has 0 aromatic rings. The van der Waals surface area contributed by atoms with Crippen molar-refractivity contribution in [2.24, 2.45) is 17.8 Å². The number of hydrogen-bond donors (Lipinski definition) is 1. The summed E-state index contributed by atoms with van der Waals surface area (Å²) in [6.45, 7) is 11.6. The molecule has 2 nitrogen and oxygen atoms in total. The number of aliphatic hydroxyl groups excluding tert-OH is 1. The van der Waals surface area contributed by atoms with Crippen molar-refractivity contribution < 1.29 is 9.84 Å². The maximum absolute atomic E-state index is 10.1. The molecule has 1 aliphatic rings. The first-order valence-corrected chi connectivity index (χ1v) is 7.51. The fraction of sp³-hybridized carbons (Fsp3) is 0.882. The molecule has 0 bridgehead atoms. The summed E-state index contributed by atoms with van der Waals surface area (Å²) in [4.78, 5) is 0. The van der Waals surface area contributed by atoms with Gasteiger partial charge in [-0.15, -0.1) is 0 Å². The molecule has 5 unspecified atom stereocenters. The van der Waals surface area contributed by atoms with E-state index in [9.17, 15) is 5.11 Å². The molecule has 2 heteroatoms. The molecule has 0 heterocycles. The number of hydrogen-bond acceptors (Lipinski definition) is 2. The van der Waals surface area contributed by atoms with Crippen LogP contribution in [0, 0.1) is 17.8 Å². The summed E-state index contributed by atoms with van der Waals surface area (Å²) in [5, 5.41) is 10.1. The van der Waals surface area contributed by atoms with Crippen LogP contribution in [0.5, 0.6) is 0 Å². The van der Waals surface area contributed by atoms with Gasteiger partial charge in [0.25, 0.3) is 0 Å². The predicted molar refractivity (Wildman–Crippen MR) is 83.3 cm³/mol. The largest absolute Gasteiger partial charge is 0.389 e. The smallest absolute Gasteiger partial charge is 0.0814 e. The van der Waals surface area contributed by atoms with E-state index in [0.29, 0.717) is 5.92 Å². The Morgan fingerprint density at radius 2 is 1.89 bits per heavy atom. The summed E-state index contributed by atoms with van der Waals surface area (Å²) in [5.41, 5.74) is 1.32. The highest BCUT2D eigenvalue weighted by atomic mass is 16.5. The van der Waals surface area contributed by atoms with E-state index in [2.05, 4.69) is 34.6 Å². The minimum absolute atomic E-state index is 0. The zero-order valence-electron chi connectivity index (χ0n) is 12.6. The fourth-order valence-electron chi connectivity index (χ4n) is 2.67. The Morgan fingerprint density at radius 3 is 2.42 bits per heavy atom. The molecule has 0 aromatic heterocycles. The Kier molecular flexibility index (Phi) is 8.60. The van der Waals surface area contributed by atoms with Gasteiger partial charge in [-0.3, -0.25) is 0 Å². The third kappa shape index (κ3) is 4.92. The van der Waals surface area contributed by atoms with Crippen molar-refractivity contribution in [1.82, 2.24) is 0 Å². The van der Waals surface area contributed by atoms with Gasteiger partial charge in [0.2, 0.25) is 0 Å². The second kappa shape index (κ2) is 8.76. The van der Waals surface area contributed by atoms with Gasteiger partial charge in [0, 0.05) is 6.61 Å². The normalized spacial score (nSPS) is 32.4. The zero-order chi connectivity index (χ0) is 13.7. The highest BCUT2D eigenvalue weighted by Gasteiger charge is 2.34. The Morgan fingerprint density at radius 1 is 1.26 bits per heavy atom. The van der Waals surface area contributed by atoms with Crippen molar-refractivity contribution >= 4 is 0 Å². The van der Waals surface area contributed by atoms with E-state index in [0.717, 1.165) is 18.9 Å². The lowest BCUT2D eigenvalue weighted by atomic mass is 9.76. The van der Waals surface area contributed by atoms with E-state index < -0.39 is 0 Å². The maximum Gasteiger partial charge on any atom is 0.0814 e. The van der Waals surface area contributed by atoms with Gasteiger partial charge in [-0.2, -0.15) is 0 Å². The molecule has 0 aromatic carbocycles. The fourth-order valence-corrected chi connectivity index (χ4v) is 2.67. The molecule has 0 aliphatic heterocycles. The van der Waals surface area contributed by atoms with Crippen LogP contribution in [0.25, 0.3) is 0 Å². The lowest BCUT2D eigenvalue weighted by Crippen LogP contribution is -2.39. The van der Waals surface area contributed by atoms with E-state index in [1.807, 2.05) is 6.08 Å². The summed E-state index contributed by atoms with van der Waals surface area (Å²) in [5.74, 6) is 1.44. The molecular formula is C17H34O2. The van der Waals surface area contributed by atoms with Crippen LogP contribution in [-0.4, -0.2) is 23.9 Å². The van der Waals surface area contributed by atoms with E-state index in [1.54, 1.807) is 0 Å². The molecule has 1 N–H and O–H groups in total. The van der Waals surface area contributed by atoms with Crippen molar-refractivity contribution in [3.8, 4) is 0 Å². The van der Waals surface area contributed by atoms with Crippen LogP contribution in [0.3, 0.4) is 0 Å². The average molecular weight is 270 g/mol. The standard InChI is InChI=1S/C16H30O2.CH4/c1-6-11(3)8-9-14-10-15(17)12(4)13(5)16(14)18-7-2;/h10-13,15-17H,6-9H2,1-5H3;1H4. The number of aliphatic hydroxyl groups is 1. The van der Waals surface area contributed by atoms with E-state index in [4.69, 9.17) is 4.74 Å². The molecule has 1 aliphatic carbocycles. The molecule has 5 atom stereocenters. The predicted octanol–water partition coefficient (Wildman–Crippen LogP) is 4.43. The second-order valence-electron chi connectivity index (χ2n) is 5.88. The van der Waals surface area contributed by atoms with Crippen molar-refractivity contribution in [3.63, 3.8) is 0 Å². The molecule has 19 heavy (non-hydrogen) atoms. The molecule has 114 valence electrons. The van der Waals surface area contributed by atoms with Crippen LogP contribution in [0.1, 0.15) is 61.3 Å². The summed E-state index contributed by atoms with van der Waals surface area (Å²) in [6.07, 6.45) is 5.43. The summed E-state index contributed by atoms with van der Waals surface area (Å²) in [7, 11) is 0. The molecule has 1 rings (SSSR count). The lowest BCUT2D eigenvalue weighted by Gasteiger charge is -2.37. The molecule has 0 radical (unpaired) electrons. The quantitative estimate of drug-likeness (QED) is 0.724. The molecule has 0 amide bonds. The average Bonchev–Trinajstić information content (AvgIpc) is 2.37. The Balaban J connectivity index is 0.00000324. The van der Waals surface area contributed by atoms with Crippen molar-refractivity contribution in [2.45, 2.75) is 73.5 Å². The Hall–Kier alpha value is -0.340. The van der Waals surface area contributed by atoms with Crippen LogP contribution in [0.2, 0.25) is 0 Å². The van der Waals surface area contributed by atoms with Gasteiger partial charge in [-0.1, -0.05) is 47.6 Å². The van der Waals surface area contributed by atoms with Crippen molar-refractivity contribution in [1.29, 1.82) is 0 Å². The number of ether oxygens (including phenoxy) is 1. The van der Waals surface area contributed by atoms with E-state index >= 15 is 0 Å². The molecule has 0 spiro atoms. The van der Waals surface area contributed by atoms with Crippen molar-refractivity contribution in [2.75, 3.05) is 6.61 Å². The second-order valence-corrected chi connectivity index (χ2v) is 5.88. The minimum atomic E-state index is -0.302. The van der Waals surface area contributed by atoms with Gasteiger partial charge in [-0.25, -0.2) is 0 Å².